The molecule has 0 saturated carbocycles. The van der Waals surface area contributed by atoms with Crippen molar-refractivity contribution in [1.29, 1.82) is 0 Å². The smallest absolute Gasteiger partial charge is 0.150 e. The van der Waals surface area contributed by atoms with Crippen LogP contribution in [0.15, 0.2) is 91.4 Å². The second kappa shape index (κ2) is 9.03. The maximum atomic E-state index is 6.27. The molecule has 4 nitrogen and oxygen atoms in total. The Hall–Kier alpha value is -3.34. The quantitative estimate of drug-likeness (QED) is 0.296. The molecule has 5 aromatic rings. The molecule has 32 heavy (non-hydrogen) atoms. The third-order valence-corrected chi connectivity index (χ3v) is 5.86. The molecule has 0 spiro atoms. The first kappa shape index (κ1) is 20.6. The molecule has 1 N–H and O–H groups in total. The molecule has 0 fully saturated rings. The number of hydrogen-bond acceptors (Lipinski definition) is 3. The Morgan fingerprint density at radius 2 is 1.62 bits per heavy atom. The van der Waals surface area contributed by atoms with Gasteiger partial charge >= 0.3 is 0 Å². The molecule has 2 aromatic heterocycles. The SMILES string of the molecule is Clc1ccc(CCNc2ncnc3c2c(-c2ccccc2)cn3-c2cccc(Cl)c2)cc1. The summed E-state index contributed by atoms with van der Waals surface area (Å²) in [6.07, 6.45) is 4.56. The lowest BCUT2D eigenvalue weighted by atomic mass is 10.1. The van der Waals surface area contributed by atoms with Gasteiger partial charge in [0.25, 0.3) is 0 Å². The normalized spacial score (nSPS) is 11.1. The zero-order valence-corrected chi connectivity index (χ0v) is 18.7. The fraction of sp³-hybridized carbons (Fsp3) is 0.0769. The number of hydrogen-bond donors (Lipinski definition) is 1. The Labute approximate surface area is 196 Å². The molecule has 0 amide bonds. The highest BCUT2D eigenvalue weighted by atomic mass is 35.5. The van der Waals surface area contributed by atoms with Crippen LogP contribution in [-0.4, -0.2) is 21.1 Å². The monoisotopic (exact) mass is 458 g/mol. The van der Waals surface area contributed by atoms with E-state index < -0.39 is 0 Å². The van der Waals surface area contributed by atoms with Gasteiger partial charge in [0, 0.05) is 34.0 Å². The van der Waals surface area contributed by atoms with Gasteiger partial charge in [-0.2, -0.15) is 0 Å². The van der Waals surface area contributed by atoms with E-state index in [9.17, 15) is 0 Å². The van der Waals surface area contributed by atoms with Crippen molar-refractivity contribution in [1.82, 2.24) is 14.5 Å². The summed E-state index contributed by atoms with van der Waals surface area (Å²) in [6, 6.07) is 26.0. The van der Waals surface area contributed by atoms with E-state index in [4.69, 9.17) is 23.2 Å². The first-order valence-electron chi connectivity index (χ1n) is 10.3. The van der Waals surface area contributed by atoms with Crippen LogP contribution in [0.3, 0.4) is 0 Å². The Morgan fingerprint density at radius 1 is 0.812 bits per heavy atom. The highest BCUT2D eigenvalue weighted by molar-refractivity contribution is 6.31. The van der Waals surface area contributed by atoms with E-state index in [2.05, 4.69) is 38.2 Å². The Morgan fingerprint density at radius 3 is 2.41 bits per heavy atom. The summed E-state index contributed by atoms with van der Waals surface area (Å²) in [5, 5.41) is 5.92. The lowest BCUT2D eigenvalue weighted by Crippen LogP contribution is -2.07. The number of rotatable bonds is 6. The maximum absolute atomic E-state index is 6.27. The summed E-state index contributed by atoms with van der Waals surface area (Å²) in [4.78, 5) is 9.20. The average molecular weight is 459 g/mol. The molecule has 0 radical (unpaired) electrons. The van der Waals surface area contributed by atoms with Crippen LogP contribution >= 0.6 is 23.2 Å². The van der Waals surface area contributed by atoms with Crippen molar-refractivity contribution in [3.63, 3.8) is 0 Å². The van der Waals surface area contributed by atoms with E-state index in [1.54, 1.807) is 6.33 Å². The summed E-state index contributed by atoms with van der Waals surface area (Å²) in [5.74, 6) is 0.809. The molecule has 0 aliphatic heterocycles. The van der Waals surface area contributed by atoms with Crippen molar-refractivity contribution >= 4 is 40.1 Å². The fourth-order valence-electron chi connectivity index (χ4n) is 3.83. The summed E-state index contributed by atoms with van der Waals surface area (Å²) in [5.41, 5.74) is 5.17. The van der Waals surface area contributed by atoms with Crippen molar-refractivity contribution in [3.8, 4) is 16.8 Å². The minimum Gasteiger partial charge on any atom is -0.369 e. The first-order valence-corrected chi connectivity index (χ1v) is 11.1. The van der Waals surface area contributed by atoms with E-state index in [1.165, 1.54) is 5.56 Å². The van der Waals surface area contributed by atoms with Crippen LogP contribution in [-0.2, 0) is 6.42 Å². The highest BCUT2D eigenvalue weighted by Gasteiger charge is 2.17. The van der Waals surface area contributed by atoms with Gasteiger partial charge in [0.1, 0.15) is 12.1 Å². The van der Waals surface area contributed by atoms with Gasteiger partial charge in [-0.15, -0.1) is 0 Å². The zero-order valence-electron chi connectivity index (χ0n) is 17.2. The van der Waals surface area contributed by atoms with Gasteiger partial charge < -0.3 is 9.88 Å². The van der Waals surface area contributed by atoms with Crippen molar-refractivity contribution in [2.45, 2.75) is 6.42 Å². The largest absolute Gasteiger partial charge is 0.369 e. The predicted octanol–water partition coefficient (Wildman–Crippen LogP) is 7.05. The number of anilines is 1. The molecular weight excluding hydrogens is 439 g/mol. The van der Waals surface area contributed by atoms with Gasteiger partial charge in [0.05, 0.1) is 5.39 Å². The molecule has 6 heteroatoms. The molecule has 0 saturated heterocycles. The Balaban J connectivity index is 1.56. The van der Waals surface area contributed by atoms with Gasteiger partial charge in [0.2, 0.25) is 0 Å². The second-order valence-electron chi connectivity index (χ2n) is 7.48. The minimum absolute atomic E-state index is 0.681. The lowest BCUT2D eigenvalue weighted by molar-refractivity contribution is 1.00. The number of nitrogens with zero attached hydrogens (tertiary/aromatic N) is 3. The number of aromatic nitrogens is 3. The second-order valence-corrected chi connectivity index (χ2v) is 8.36. The van der Waals surface area contributed by atoms with Crippen LogP contribution in [0, 0.1) is 0 Å². The van der Waals surface area contributed by atoms with E-state index >= 15 is 0 Å². The Kier molecular flexibility index (Phi) is 5.80. The van der Waals surface area contributed by atoms with Crippen molar-refractivity contribution in [3.05, 3.63) is 107 Å². The molecule has 0 unspecified atom stereocenters. The maximum Gasteiger partial charge on any atom is 0.150 e. The topological polar surface area (TPSA) is 42.7 Å². The van der Waals surface area contributed by atoms with Crippen LogP contribution in [0.5, 0.6) is 0 Å². The summed E-state index contributed by atoms with van der Waals surface area (Å²) in [7, 11) is 0. The van der Waals surface area contributed by atoms with Crippen LogP contribution in [0.1, 0.15) is 5.56 Å². The standard InChI is InChI=1S/C26H20Cl2N4/c27-20-11-9-18(10-12-20)13-14-29-25-24-23(19-5-2-1-3-6-19)16-32(26(24)31-17-30-25)22-8-4-7-21(28)15-22/h1-12,15-17H,13-14H2,(H,29,30,31). The lowest BCUT2D eigenvalue weighted by Gasteiger charge is -2.09. The average Bonchev–Trinajstić information content (AvgIpc) is 3.22. The fourth-order valence-corrected chi connectivity index (χ4v) is 4.14. The van der Waals surface area contributed by atoms with E-state index in [1.807, 2.05) is 66.7 Å². The molecule has 0 aliphatic carbocycles. The highest BCUT2D eigenvalue weighted by Crippen LogP contribution is 2.35. The molecular formula is C26H20Cl2N4. The molecule has 0 bridgehead atoms. The third-order valence-electron chi connectivity index (χ3n) is 5.37. The summed E-state index contributed by atoms with van der Waals surface area (Å²) in [6.45, 7) is 0.740. The molecule has 0 atom stereocenters. The zero-order chi connectivity index (χ0) is 21.9. The Bertz CT molecular complexity index is 1360. The molecule has 3 aromatic carbocycles. The van der Waals surface area contributed by atoms with Crippen LogP contribution in [0.25, 0.3) is 27.8 Å². The number of benzene rings is 3. The van der Waals surface area contributed by atoms with Crippen molar-refractivity contribution in [2.24, 2.45) is 0 Å². The number of nitrogens with one attached hydrogen (secondary N) is 1. The van der Waals surface area contributed by atoms with Gasteiger partial charge in [-0.25, -0.2) is 9.97 Å². The van der Waals surface area contributed by atoms with Gasteiger partial charge in [-0.1, -0.05) is 71.7 Å². The number of halogens is 2. The summed E-state index contributed by atoms with van der Waals surface area (Å²) < 4.78 is 2.07. The summed E-state index contributed by atoms with van der Waals surface area (Å²) >= 11 is 12.3. The van der Waals surface area contributed by atoms with Gasteiger partial charge in [-0.3, -0.25) is 0 Å². The predicted molar refractivity (Wildman–Crippen MR) is 133 cm³/mol. The third kappa shape index (κ3) is 4.20. The van der Waals surface area contributed by atoms with Crippen molar-refractivity contribution in [2.75, 3.05) is 11.9 Å². The van der Waals surface area contributed by atoms with Crippen LogP contribution in [0.4, 0.5) is 5.82 Å². The molecule has 0 aliphatic rings. The molecule has 158 valence electrons. The number of fused-ring (bicyclic) bond motifs is 1. The molecule has 5 rings (SSSR count). The van der Waals surface area contributed by atoms with Crippen molar-refractivity contribution < 1.29 is 0 Å². The van der Waals surface area contributed by atoms with E-state index in [0.29, 0.717) is 5.02 Å². The van der Waals surface area contributed by atoms with E-state index in [0.717, 1.165) is 51.7 Å². The first-order chi connectivity index (χ1) is 15.7. The van der Waals surface area contributed by atoms with Crippen LogP contribution in [0.2, 0.25) is 10.0 Å². The van der Waals surface area contributed by atoms with Gasteiger partial charge in [0.15, 0.2) is 5.65 Å². The van der Waals surface area contributed by atoms with Gasteiger partial charge in [-0.05, 0) is 47.9 Å². The molecule has 2 heterocycles. The van der Waals surface area contributed by atoms with E-state index in [-0.39, 0.29) is 0 Å². The minimum atomic E-state index is 0.681. The van der Waals surface area contributed by atoms with Crippen LogP contribution < -0.4 is 5.32 Å².